The second kappa shape index (κ2) is 6.35. The Bertz CT molecular complexity index is 450. The average molecular weight is 278 g/mol. The van der Waals surface area contributed by atoms with Gasteiger partial charge in [0.2, 0.25) is 0 Å². The van der Waals surface area contributed by atoms with Gasteiger partial charge >= 0.3 is 0 Å². The van der Waals surface area contributed by atoms with Gasteiger partial charge in [0, 0.05) is 24.7 Å². The van der Waals surface area contributed by atoms with Crippen molar-refractivity contribution in [2.45, 2.75) is 32.2 Å². The molecule has 0 bridgehead atoms. The Morgan fingerprint density at radius 3 is 2.75 bits per heavy atom. The highest BCUT2D eigenvalue weighted by molar-refractivity contribution is 5.62. The summed E-state index contributed by atoms with van der Waals surface area (Å²) in [5, 5.41) is 3.66. The number of nitrogens with zero attached hydrogens (tertiary/aromatic N) is 1. The molecule has 1 atom stereocenters. The number of rotatable bonds is 4. The zero-order chi connectivity index (χ0) is 14.6. The van der Waals surface area contributed by atoms with Crippen molar-refractivity contribution in [3.05, 3.63) is 18.2 Å². The third-order valence-electron chi connectivity index (χ3n) is 4.20. The van der Waals surface area contributed by atoms with E-state index >= 15 is 0 Å². The quantitative estimate of drug-likeness (QED) is 0.918. The molecule has 1 saturated heterocycles. The van der Waals surface area contributed by atoms with Crippen LogP contribution in [-0.2, 0) is 0 Å². The van der Waals surface area contributed by atoms with E-state index in [1.165, 1.54) is 0 Å². The molecular weight excluding hydrogens is 252 g/mol. The second-order valence-electron chi connectivity index (χ2n) is 5.65. The predicted molar refractivity (Wildman–Crippen MR) is 83.1 cm³/mol. The smallest absolute Gasteiger partial charge is 0.142 e. The van der Waals surface area contributed by atoms with E-state index in [2.05, 4.69) is 30.1 Å². The van der Waals surface area contributed by atoms with Crippen molar-refractivity contribution >= 4 is 5.69 Å². The van der Waals surface area contributed by atoms with Gasteiger partial charge in [0.25, 0.3) is 0 Å². The Balaban J connectivity index is 2.32. The first-order chi connectivity index (χ1) is 9.61. The first-order valence-electron chi connectivity index (χ1n) is 7.34. The fraction of sp³-hybridized carbons (Fsp3) is 0.625. The highest BCUT2D eigenvalue weighted by Crippen LogP contribution is 2.34. The largest absolute Gasteiger partial charge is 0.497 e. The van der Waals surface area contributed by atoms with Gasteiger partial charge in [0.05, 0.1) is 19.9 Å². The van der Waals surface area contributed by atoms with E-state index < -0.39 is 0 Å². The maximum absolute atomic E-state index is 5.52. The lowest BCUT2D eigenvalue weighted by molar-refractivity contribution is 0.363. The van der Waals surface area contributed by atoms with Gasteiger partial charge in [-0.2, -0.15) is 0 Å². The number of nitrogens with one attached hydrogen (secondary N) is 1. The Kier molecular flexibility index (Phi) is 4.76. The van der Waals surface area contributed by atoms with Crippen LogP contribution in [0.2, 0.25) is 0 Å². The van der Waals surface area contributed by atoms with E-state index in [9.17, 15) is 0 Å². The number of ether oxygens (including phenoxy) is 2. The topological polar surface area (TPSA) is 33.7 Å². The molecule has 1 heterocycles. The summed E-state index contributed by atoms with van der Waals surface area (Å²) in [6, 6.07) is 5.99. The number of benzene rings is 1. The van der Waals surface area contributed by atoms with Gasteiger partial charge in [-0.15, -0.1) is 0 Å². The van der Waals surface area contributed by atoms with Crippen LogP contribution in [0.25, 0.3) is 0 Å². The summed E-state index contributed by atoms with van der Waals surface area (Å²) < 4.78 is 10.9. The van der Waals surface area contributed by atoms with Crippen molar-refractivity contribution < 1.29 is 9.47 Å². The Hall–Kier alpha value is -1.42. The lowest BCUT2D eigenvalue weighted by atomic mass is 9.98. The third-order valence-corrected chi connectivity index (χ3v) is 4.20. The van der Waals surface area contributed by atoms with Gasteiger partial charge < -0.3 is 19.7 Å². The van der Waals surface area contributed by atoms with Crippen molar-refractivity contribution in [2.75, 3.05) is 38.8 Å². The maximum atomic E-state index is 5.52. The molecule has 0 aromatic heterocycles. The first-order valence-corrected chi connectivity index (χ1v) is 7.34. The molecule has 1 aliphatic rings. The summed E-state index contributed by atoms with van der Waals surface area (Å²) in [6.45, 7) is 7.60. The molecule has 4 nitrogen and oxygen atoms in total. The van der Waals surface area contributed by atoms with Gasteiger partial charge in [0.1, 0.15) is 11.5 Å². The summed E-state index contributed by atoms with van der Waals surface area (Å²) in [6.07, 6.45) is 2.24. The Morgan fingerprint density at radius 1 is 1.30 bits per heavy atom. The van der Waals surface area contributed by atoms with Crippen LogP contribution in [0.15, 0.2) is 18.2 Å². The van der Waals surface area contributed by atoms with Gasteiger partial charge in [0.15, 0.2) is 0 Å². The van der Waals surface area contributed by atoms with E-state index in [1.807, 2.05) is 12.1 Å². The zero-order valence-corrected chi connectivity index (χ0v) is 13.0. The Labute approximate surface area is 122 Å². The van der Waals surface area contributed by atoms with Crippen molar-refractivity contribution in [1.29, 1.82) is 0 Å². The molecule has 1 aromatic carbocycles. The van der Waals surface area contributed by atoms with Gasteiger partial charge in [-0.05, 0) is 38.4 Å². The number of anilines is 1. The van der Waals surface area contributed by atoms with Crippen LogP contribution in [0.1, 0.15) is 26.7 Å². The summed E-state index contributed by atoms with van der Waals surface area (Å²) in [5.41, 5.74) is 1.26. The molecule has 1 fully saturated rings. The fourth-order valence-corrected chi connectivity index (χ4v) is 2.70. The first kappa shape index (κ1) is 15.0. The fourth-order valence-electron chi connectivity index (χ4n) is 2.70. The molecule has 1 N–H and O–H groups in total. The lowest BCUT2D eigenvalue weighted by Gasteiger charge is -2.34. The molecule has 0 radical (unpaired) electrons. The van der Waals surface area contributed by atoms with Gasteiger partial charge in [-0.1, -0.05) is 6.92 Å². The summed E-state index contributed by atoms with van der Waals surface area (Å²) >= 11 is 0. The summed E-state index contributed by atoms with van der Waals surface area (Å²) in [5.74, 6) is 1.78. The normalized spacial score (nSPS) is 23.3. The van der Waals surface area contributed by atoms with Crippen LogP contribution < -0.4 is 19.7 Å². The minimum atomic E-state index is 0.143. The molecule has 0 spiro atoms. The van der Waals surface area contributed by atoms with Crippen LogP contribution in [0.3, 0.4) is 0 Å². The molecule has 1 aliphatic heterocycles. The minimum absolute atomic E-state index is 0.143. The highest BCUT2D eigenvalue weighted by Gasteiger charge is 2.28. The average Bonchev–Trinajstić information content (AvgIpc) is 2.69. The minimum Gasteiger partial charge on any atom is -0.497 e. The number of hydrogen-bond donors (Lipinski definition) is 1. The van der Waals surface area contributed by atoms with Crippen molar-refractivity contribution in [2.24, 2.45) is 0 Å². The highest BCUT2D eigenvalue weighted by atomic mass is 16.5. The maximum Gasteiger partial charge on any atom is 0.142 e. The number of hydrogen-bond acceptors (Lipinski definition) is 4. The van der Waals surface area contributed by atoms with Crippen LogP contribution in [-0.4, -0.2) is 39.4 Å². The molecule has 2 rings (SSSR count). The molecule has 1 aromatic rings. The van der Waals surface area contributed by atoms with E-state index in [-0.39, 0.29) is 5.54 Å². The molecule has 0 aliphatic carbocycles. The third kappa shape index (κ3) is 3.18. The van der Waals surface area contributed by atoms with E-state index in [0.717, 1.165) is 49.7 Å². The standard InChI is InChI=1S/C16H26N2O2/c1-5-16(2)12-18(10-6-9-17-16)14-11-13(19-3)7-8-15(14)20-4/h7-8,11,17H,5-6,9-10,12H2,1-4H3. The van der Waals surface area contributed by atoms with Crippen LogP contribution in [0.5, 0.6) is 11.5 Å². The van der Waals surface area contributed by atoms with E-state index in [0.29, 0.717) is 0 Å². The summed E-state index contributed by atoms with van der Waals surface area (Å²) in [7, 11) is 3.42. The molecule has 0 amide bonds. The molecule has 112 valence electrons. The van der Waals surface area contributed by atoms with Crippen molar-refractivity contribution in [1.82, 2.24) is 5.32 Å². The second-order valence-corrected chi connectivity index (χ2v) is 5.65. The molecular formula is C16H26N2O2. The monoisotopic (exact) mass is 278 g/mol. The molecule has 20 heavy (non-hydrogen) atoms. The van der Waals surface area contributed by atoms with Crippen LogP contribution >= 0.6 is 0 Å². The zero-order valence-electron chi connectivity index (χ0n) is 13.0. The Morgan fingerprint density at radius 2 is 2.10 bits per heavy atom. The lowest BCUT2D eigenvalue weighted by Crippen LogP contribution is -2.48. The van der Waals surface area contributed by atoms with Crippen LogP contribution in [0, 0.1) is 0 Å². The SMILES string of the molecule is CCC1(C)CN(c2cc(OC)ccc2OC)CCCN1. The van der Waals surface area contributed by atoms with Crippen LogP contribution in [0.4, 0.5) is 5.69 Å². The van der Waals surface area contributed by atoms with Crippen molar-refractivity contribution in [3.8, 4) is 11.5 Å². The predicted octanol–water partition coefficient (Wildman–Crippen LogP) is 2.67. The van der Waals surface area contributed by atoms with Gasteiger partial charge in [-0.25, -0.2) is 0 Å². The van der Waals surface area contributed by atoms with E-state index in [1.54, 1.807) is 14.2 Å². The van der Waals surface area contributed by atoms with E-state index in [4.69, 9.17) is 9.47 Å². The summed E-state index contributed by atoms with van der Waals surface area (Å²) in [4.78, 5) is 2.41. The molecule has 4 heteroatoms. The van der Waals surface area contributed by atoms with Gasteiger partial charge in [-0.3, -0.25) is 0 Å². The van der Waals surface area contributed by atoms with Crippen molar-refractivity contribution in [3.63, 3.8) is 0 Å². The molecule has 1 unspecified atom stereocenters. The molecule has 0 saturated carbocycles. The number of methoxy groups -OCH3 is 2.